The molecule has 0 radical (unpaired) electrons. The Labute approximate surface area is 171 Å². The molecule has 1 aliphatic heterocycles. The number of amides is 1. The highest BCUT2D eigenvalue weighted by molar-refractivity contribution is 7.78. The fourth-order valence-corrected chi connectivity index (χ4v) is 4.45. The minimum atomic E-state index is -0.669. The molecule has 3 aromatic carbocycles. The first-order valence-corrected chi connectivity index (χ1v) is 9.91. The molecule has 0 saturated carbocycles. The molecule has 0 bridgehead atoms. The number of nitrogens with one attached hydrogen (secondary N) is 1. The molecule has 1 aliphatic rings. The molecule has 0 spiro atoms. The molecule has 1 N–H and O–H groups in total. The van der Waals surface area contributed by atoms with Gasteiger partial charge in [-0.25, -0.2) is 0 Å². The van der Waals surface area contributed by atoms with E-state index in [1.54, 1.807) is 4.90 Å². The van der Waals surface area contributed by atoms with Crippen LogP contribution in [0.15, 0.2) is 91.0 Å². The summed E-state index contributed by atoms with van der Waals surface area (Å²) >= 11 is 5.13. The molecule has 1 heterocycles. The number of thiocarbonyl (C=S) groups is 1. The van der Waals surface area contributed by atoms with Crippen LogP contribution >= 0.6 is 12.2 Å². The van der Waals surface area contributed by atoms with E-state index in [1.165, 1.54) is 5.49 Å². The van der Waals surface area contributed by atoms with Crippen LogP contribution in [0.25, 0.3) is 0 Å². The van der Waals surface area contributed by atoms with Crippen LogP contribution in [-0.4, -0.2) is 35.4 Å². The zero-order valence-electron chi connectivity index (χ0n) is 15.5. The fraction of sp³-hybridized carbons (Fsp3) is 0.167. The molecule has 1 unspecified atom stereocenters. The minimum Gasteiger partial charge on any atom is -0.307 e. The van der Waals surface area contributed by atoms with Gasteiger partial charge < -0.3 is 10.2 Å². The van der Waals surface area contributed by atoms with E-state index in [2.05, 4.69) is 41.7 Å². The van der Waals surface area contributed by atoms with Crippen molar-refractivity contribution >= 4 is 23.6 Å². The van der Waals surface area contributed by atoms with Gasteiger partial charge in [-0.3, -0.25) is 4.79 Å². The number of benzene rings is 3. The zero-order chi connectivity index (χ0) is 19.4. The van der Waals surface area contributed by atoms with E-state index < -0.39 is 11.5 Å². The van der Waals surface area contributed by atoms with Gasteiger partial charge in [0, 0.05) is 13.1 Å². The molecule has 0 aromatic heterocycles. The number of piperazine rings is 1. The number of carbonyl (C=O) groups is 1. The van der Waals surface area contributed by atoms with E-state index in [0.717, 1.165) is 16.7 Å². The Kier molecular flexibility index (Phi) is 5.33. The second-order valence-corrected chi connectivity index (χ2v) is 7.14. The molecule has 1 fully saturated rings. The summed E-state index contributed by atoms with van der Waals surface area (Å²) in [5.74, 6) is -0.00203. The summed E-state index contributed by atoms with van der Waals surface area (Å²) in [7, 11) is 0. The van der Waals surface area contributed by atoms with Crippen LogP contribution in [0.3, 0.4) is 0 Å². The summed E-state index contributed by atoms with van der Waals surface area (Å²) in [4.78, 5) is 15.1. The van der Waals surface area contributed by atoms with Gasteiger partial charge in [-0.2, -0.15) is 0 Å². The average Bonchev–Trinajstić information content (AvgIpc) is 2.78. The summed E-state index contributed by atoms with van der Waals surface area (Å²) in [6.07, 6.45) is 0. The van der Waals surface area contributed by atoms with Crippen molar-refractivity contribution in [3.8, 4) is 0 Å². The molecule has 1 atom stereocenters. The van der Waals surface area contributed by atoms with Gasteiger partial charge in [0.1, 0.15) is 6.04 Å². The maximum Gasteiger partial charge on any atom is 0.245 e. The molecule has 3 nitrogen and oxygen atoms in total. The van der Waals surface area contributed by atoms with Crippen molar-refractivity contribution in [3.63, 3.8) is 0 Å². The Hall–Kier alpha value is -2.82. The second-order valence-electron chi connectivity index (χ2n) is 6.93. The third-order valence-corrected chi connectivity index (χ3v) is 5.73. The highest BCUT2D eigenvalue weighted by atomic mass is 32.1. The van der Waals surface area contributed by atoms with Crippen molar-refractivity contribution in [1.29, 1.82) is 0 Å². The molecule has 3 aromatic rings. The van der Waals surface area contributed by atoms with E-state index in [1.807, 2.05) is 54.6 Å². The second kappa shape index (κ2) is 8.05. The van der Waals surface area contributed by atoms with Crippen molar-refractivity contribution in [2.45, 2.75) is 11.5 Å². The number of rotatable bonds is 5. The lowest BCUT2D eigenvalue weighted by Gasteiger charge is -2.45. The SMILES string of the molecule is O=C1C(C(c2ccccc2)(c2ccccc2)c2ccccc2)NCCN1C=S. The van der Waals surface area contributed by atoms with Crippen molar-refractivity contribution in [3.05, 3.63) is 108 Å². The van der Waals surface area contributed by atoms with Gasteiger partial charge >= 0.3 is 0 Å². The Morgan fingerprint density at radius 1 is 0.821 bits per heavy atom. The van der Waals surface area contributed by atoms with Crippen molar-refractivity contribution in [2.24, 2.45) is 0 Å². The molecule has 4 rings (SSSR count). The van der Waals surface area contributed by atoms with Crippen molar-refractivity contribution in [1.82, 2.24) is 10.2 Å². The quantitative estimate of drug-likeness (QED) is 0.535. The molecule has 1 amide bonds. The lowest BCUT2D eigenvalue weighted by atomic mass is 9.64. The van der Waals surface area contributed by atoms with Gasteiger partial charge in [0.25, 0.3) is 0 Å². The molecular formula is C24H22N2OS. The van der Waals surface area contributed by atoms with Crippen LogP contribution in [0.4, 0.5) is 0 Å². The maximum absolute atomic E-state index is 13.5. The Morgan fingerprint density at radius 2 is 1.25 bits per heavy atom. The van der Waals surface area contributed by atoms with Crippen LogP contribution < -0.4 is 5.32 Å². The standard InChI is InChI=1S/C24H22N2OS/c27-23-22(25-16-17-26(23)18-28)24(19-10-4-1-5-11-19,20-12-6-2-7-13-20)21-14-8-3-9-15-21/h1-15,18,22,25H,16-17H2. The highest BCUT2D eigenvalue weighted by Crippen LogP contribution is 2.43. The van der Waals surface area contributed by atoms with E-state index in [4.69, 9.17) is 12.2 Å². The van der Waals surface area contributed by atoms with E-state index in [0.29, 0.717) is 13.1 Å². The van der Waals surface area contributed by atoms with E-state index in [-0.39, 0.29) is 5.91 Å². The minimum absolute atomic E-state index is 0.00203. The molecule has 4 heteroatoms. The monoisotopic (exact) mass is 386 g/mol. The lowest BCUT2D eigenvalue weighted by molar-refractivity contribution is -0.132. The normalized spacial score (nSPS) is 17.4. The van der Waals surface area contributed by atoms with Gasteiger partial charge in [-0.05, 0) is 16.7 Å². The first-order valence-electron chi connectivity index (χ1n) is 9.44. The molecular weight excluding hydrogens is 364 g/mol. The molecule has 28 heavy (non-hydrogen) atoms. The average molecular weight is 387 g/mol. The predicted molar refractivity (Wildman–Crippen MR) is 116 cm³/mol. The number of carbonyl (C=O) groups excluding carboxylic acids is 1. The maximum atomic E-state index is 13.5. The summed E-state index contributed by atoms with van der Waals surface area (Å²) in [6.45, 7) is 1.28. The molecule has 140 valence electrons. The first kappa shape index (κ1) is 18.5. The summed E-state index contributed by atoms with van der Waals surface area (Å²) in [5.41, 5.74) is 4.03. The van der Waals surface area contributed by atoms with Gasteiger partial charge in [0.15, 0.2) is 0 Å². The van der Waals surface area contributed by atoms with Crippen LogP contribution in [0.1, 0.15) is 16.7 Å². The number of hydrogen-bond donors (Lipinski definition) is 1. The van der Waals surface area contributed by atoms with Crippen LogP contribution in [0.2, 0.25) is 0 Å². The van der Waals surface area contributed by atoms with Crippen molar-refractivity contribution in [2.75, 3.05) is 13.1 Å². The first-order chi connectivity index (χ1) is 13.8. The van der Waals surface area contributed by atoms with E-state index in [9.17, 15) is 4.79 Å². The predicted octanol–water partition coefficient (Wildman–Crippen LogP) is 3.78. The largest absolute Gasteiger partial charge is 0.307 e. The fourth-order valence-electron chi connectivity index (χ4n) is 4.24. The summed E-state index contributed by atoms with van der Waals surface area (Å²) in [5, 5.41) is 3.51. The third-order valence-electron chi connectivity index (χ3n) is 5.48. The number of nitrogens with zero attached hydrogens (tertiary/aromatic N) is 1. The van der Waals surface area contributed by atoms with Crippen LogP contribution in [-0.2, 0) is 10.2 Å². The Morgan fingerprint density at radius 3 is 1.64 bits per heavy atom. The van der Waals surface area contributed by atoms with Crippen molar-refractivity contribution < 1.29 is 4.79 Å². The van der Waals surface area contributed by atoms with Gasteiger partial charge in [0.05, 0.1) is 10.9 Å². The zero-order valence-corrected chi connectivity index (χ0v) is 16.3. The molecule has 1 saturated heterocycles. The third kappa shape index (κ3) is 3.05. The molecule has 0 aliphatic carbocycles. The van der Waals surface area contributed by atoms with Gasteiger partial charge in [0.2, 0.25) is 5.91 Å². The summed E-state index contributed by atoms with van der Waals surface area (Å²) in [6, 6.07) is 30.3. The van der Waals surface area contributed by atoms with Crippen LogP contribution in [0, 0.1) is 0 Å². The smallest absolute Gasteiger partial charge is 0.245 e. The van der Waals surface area contributed by atoms with Gasteiger partial charge in [-0.1, -0.05) is 103 Å². The number of hydrogen-bond acceptors (Lipinski definition) is 3. The summed E-state index contributed by atoms with van der Waals surface area (Å²) < 4.78 is 0. The lowest BCUT2D eigenvalue weighted by Crippen LogP contribution is -2.63. The Bertz CT molecular complexity index is 847. The topological polar surface area (TPSA) is 32.3 Å². The highest BCUT2D eigenvalue weighted by Gasteiger charge is 2.49. The van der Waals surface area contributed by atoms with Crippen LogP contribution in [0.5, 0.6) is 0 Å². The van der Waals surface area contributed by atoms with E-state index >= 15 is 0 Å². The van der Waals surface area contributed by atoms with Gasteiger partial charge in [-0.15, -0.1) is 0 Å². The Balaban J connectivity index is 2.04.